The molecule has 3 aromatic carbocycles. The standard InChI is InChI=1S/C24H21N3O4/c1-2-29-19-14-12-18(13-15-19)25-22(28)16-30-21-11-7-6-10-20(21)23-26-24(31-27-23)17-8-4-3-5-9-17/h3-15H,2,16H2,1H3,(H,25,28). The normalized spacial score (nSPS) is 10.5. The third-order valence-corrected chi connectivity index (χ3v) is 4.38. The van der Waals surface area contributed by atoms with Crippen molar-refractivity contribution < 1.29 is 18.8 Å². The van der Waals surface area contributed by atoms with Crippen LogP contribution in [0.1, 0.15) is 6.92 Å². The van der Waals surface area contributed by atoms with Crippen LogP contribution in [0.4, 0.5) is 5.69 Å². The molecule has 4 aromatic rings. The fraction of sp³-hybridized carbons (Fsp3) is 0.125. The highest BCUT2D eigenvalue weighted by Crippen LogP contribution is 2.29. The van der Waals surface area contributed by atoms with Crippen molar-refractivity contribution in [2.45, 2.75) is 6.92 Å². The number of amides is 1. The maximum atomic E-state index is 12.3. The van der Waals surface area contributed by atoms with Crippen LogP contribution >= 0.6 is 0 Å². The average molecular weight is 415 g/mol. The van der Waals surface area contributed by atoms with Gasteiger partial charge >= 0.3 is 0 Å². The number of hydrogen-bond acceptors (Lipinski definition) is 6. The monoisotopic (exact) mass is 415 g/mol. The number of nitrogens with one attached hydrogen (secondary N) is 1. The van der Waals surface area contributed by atoms with Crippen LogP contribution in [0, 0.1) is 0 Å². The van der Waals surface area contributed by atoms with E-state index in [1.807, 2.05) is 55.5 Å². The Morgan fingerprint density at radius 3 is 2.45 bits per heavy atom. The van der Waals surface area contributed by atoms with Gasteiger partial charge in [-0.3, -0.25) is 4.79 Å². The number of carbonyl (C=O) groups excluding carboxylic acids is 1. The van der Waals surface area contributed by atoms with Gasteiger partial charge in [-0.15, -0.1) is 0 Å². The highest BCUT2D eigenvalue weighted by atomic mass is 16.5. The van der Waals surface area contributed by atoms with Gasteiger partial charge in [0.1, 0.15) is 11.5 Å². The Labute approximate surface area is 179 Å². The van der Waals surface area contributed by atoms with E-state index >= 15 is 0 Å². The van der Waals surface area contributed by atoms with E-state index in [1.54, 1.807) is 30.3 Å². The summed E-state index contributed by atoms with van der Waals surface area (Å²) in [5, 5.41) is 6.86. The van der Waals surface area contributed by atoms with Crippen LogP contribution in [0.2, 0.25) is 0 Å². The van der Waals surface area contributed by atoms with E-state index in [9.17, 15) is 4.79 Å². The maximum absolute atomic E-state index is 12.3. The number of benzene rings is 3. The van der Waals surface area contributed by atoms with Gasteiger partial charge in [0.15, 0.2) is 6.61 Å². The zero-order chi connectivity index (χ0) is 21.5. The number of ether oxygens (including phenoxy) is 2. The predicted molar refractivity (Wildman–Crippen MR) is 117 cm³/mol. The first-order valence-electron chi connectivity index (χ1n) is 9.87. The van der Waals surface area contributed by atoms with E-state index in [2.05, 4.69) is 15.5 Å². The first-order valence-corrected chi connectivity index (χ1v) is 9.87. The van der Waals surface area contributed by atoms with Crippen LogP contribution < -0.4 is 14.8 Å². The molecule has 31 heavy (non-hydrogen) atoms. The summed E-state index contributed by atoms with van der Waals surface area (Å²) in [6, 6.07) is 23.9. The third-order valence-electron chi connectivity index (χ3n) is 4.38. The Kier molecular flexibility index (Phi) is 6.23. The molecule has 0 radical (unpaired) electrons. The first-order chi connectivity index (χ1) is 15.2. The van der Waals surface area contributed by atoms with Crippen LogP contribution in [-0.4, -0.2) is 29.3 Å². The highest BCUT2D eigenvalue weighted by Gasteiger charge is 2.15. The summed E-state index contributed by atoms with van der Waals surface area (Å²) in [4.78, 5) is 16.8. The van der Waals surface area contributed by atoms with E-state index in [4.69, 9.17) is 14.0 Å². The molecule has 7 heteroatoms. The molecule has 1 heterocycles. The van der Waals surface area contributed by atoms with Crippen molar-refractivity contribution in [3.8, 4) is 34.3 Å². The lowest BCUT2D eigenvalue weighted by molar-refractivity contribution is -0.118. The summed E-state index contributed by atoms with van der Waals surface area (Å²) in [6.45, 7) is 2.35. The van der Waals surface area contributed by atoms with Crippen molar-refractivity contribution in [3.05, 3.63) is 78.9 Å². The summed E-state index contributed by atoms with van der Waals surface area (Å²) in [5.41, 5.74) is 2.13. The number of hydrogen-bond donors (Lipinski definition) is 1. The van der Waals surface area contributed by atoms with E-state index < -0.39 is 0 Å². The number of aromatic nitrogens is 2. The van der Waals surface area contributed by atoms with E-state index in [0.29, 0.717) is 35.3 Å². The number of nitrogens with zero attached hydrogens (tertiary/aromatic N) is 2. The quantitative estimate of drug-likeness (QED) is 0.444. The number of rotatable bonds is 8. The van der Waals surface area contributed by atoms with E-state index in [0.717, 1.165) is 11.3 Å². The second-order valence-corrected chi connectivity index (χ2v) is 6.58. The van der Waals surface area contributed by atoms with Crippen LogP contribution in [0.15, 0.2) is 83.4 Å². The summed E-state index contributed by atoms with van der Waals surface area (Å²) in [7, 11) is 0. The minimum absolute atomic E-state index is 0.159. The highest BCUT2D eigenvalue weighted by molar-refractivity contribution is 5.92. The van der Waals surface area contributed by atoms with Crippen LogP contribution in [0.5, 0.6) is 11.5 Å². The van der Waals surface area contributed by atoms with Gasteiger partial charge in [-0.05, 0) is 55.5 Å². The van der Waals surface area contributed by atoms with Crippen molar-refractivity contribution in [1.29, 1.82) is 0 Å². The molecule has 156 valence electrons. The van der Waals surface area contributed by atoms with Gasteiger partial charge in [0.25, 0.3) is 11.8 Å². The van der Waals surface area contributed by atoms with Crippen LogP contribution in [0.25, 0.3) is 22.8 Å². The summed E-state index contributed by atoms with van der Waals surface area (Å²) >= 11 is 0. The maximum Gasteiger partial charge on any atom is 0.262 e. The summed E-state index contributed by atoms with van der Waals surface area (Å²) < 4.78 is 16.5. The van der Waals surface area contributed by atoms with E-state index in [1.165, 1.54) is 0 Å². The lowest BCUT2D eigenvalue weighted by Crippen LogP contribution is -2.20. The zero-order valence-corrected chi connectivity index (χ0v) is 16.9. The minimum Gasteiger partial charge on any atom is -0.494 e. The Morgan fingerprint density at radius 2 is 1.68 bits per heavy atom. The molecule has 0 spiro atoms. The molecule has 0 atom stereocenters. The SMILES string of the molecule is CCOc1ccc(NC(=O)COc2ccccc2-c2noc(-c3ccccc3)n2)cc1. The van der Waals surface area contributed by atoms with Gasteiger partial charge in [0.05, 0.1) is 12.2 Å². The minimum atomic E-state index is -0.281. The number of carbonyl (C=O) groups is 1. The van der Waals surface area contributed by atoms with Crippen molar-refractivity contribution in [2.75, 3.05) is 18.5 Å². The van der Waals surface area contributed by atoms with Crippen molar-refractivity contribution in [3.63, 3.8) is 0 Å². The molecule has 1 aromatic heterocycles. The first kappa shape index (κ1) is 20.2. The van der Waals surface area contributed by atoms with Gasteiger partial charge < -0.3 is 19.3 Å². The van der Waals surface area contributed by atoms with Gasteiger partial charge in [-0.1, -0.05) is 35.5 Å². The van der Waals surface area contributed by atoms with Crippen molar-refractivity contribution in [2.24, 2.45) is 0 Å². The van der Waals surface area contributed by atoms with Crippen molar-refractivity contribution >= 4 is 11.6 Å². The number of anilines is 1. The zero-order valence-electron chi connectivity index (χ0n) is 16.9. The molecule has 0 aliphatic rings. The fourth-order valence-electron chi connectivity index (χ4n) is 2.95. The molecule has 0 aliphatic carbocycles. The van der Waals surface area contributed by atoms with Gasteiger partial charge in [-0.2, -0.15) is 4.98 Å². The Hall–Kier alpha value is -4.13. The topological polar surface area (TPSA) is 86.5 Å². The predicted octanol–water partition coefficient (Wildman–Crippen LogP) is 4.82. The summed E-state index contributed by atoms with van der Waals surface area (Å²) in [6.07, 6.45) is 0. The second kappa shape index (κ2) is 9.58. The lowest BCUT2D eigenvalue weighted by Gasteiger charge is -2.10. The van der Waals surface area contributed by atoms with Gasteiger partial charge in [-0.25, -0.2) is 0 Å². The molecule has 0 fully saturated rings. The molecule has 4 rings (SSSR count). The third kappa shape index (κ3) is 5.08. The molecule has 7 nitrogen and oxygen atoms in total. The molecule has 1 amide bonds. The Balaban J connectivity index is 1.42. The molecule has 0 aliphatic heterocycles. The van der Waals surface area contributed by atoms with E-state index in [-0.39, 0.29) is 12.5 Å². The second-order valence-electron chi connectivity index (χ2n) is 6.58. The Morgan fingerprint density at radius 1 is 0.935 bits per heavy atom. The van der Waals surface area contributed by atoms with Crippen LogP contribution in [-0.2, 0) is 4.79 Å². The molecule has 1 N–H and O–H groups in total. The van der Waals surface area contributed by atoms with Gasteiger partial charge in [0.2, 0.25) is 5.82 Å². The Bertz CT molecular complexity index is 1140. The lowest BCUT2D eigenvalue weighted by atomic mass is 10.2. The van der Waals surface area contributed by atoms with Crippen LogP contribution in [0.3, 0.4) is 0 Å². The van der Waals surface area contributed by atoms with Gasteiger partial charge in [0, 0.05) is 11.3 Å². The molecule has 0 unspecified atom stereocenters. The average Bonchev–Trinajstić information content (AvgIpc) is 3.30. The molecule has 0 bridgehead atoms. The fourth-order valence-corrected chi connectivity index (χ4v) is 2.95. The smallest absolute Gasteiger partial charge is 0.262 e. The summed E-state index contributed by atoms with van der Waals surface area (Å²) in [5.74, 6) is 1.77. The largest absolute Gasteiger partial charge is 0.494 e. The molecule has 0 saturated heterocycles. The molecular formula is C24H21N3O4. The molecule has 0 saturated carbocycles. The molecular weight excluding hydrogens is 394 g/mol. The number of para-hydroxylation sites is 1. The van der Waals surface area contributed by atoms with Crippen molar-refractivity contribution in [1.82, 2.24) is 10.1 Å².